The van der Waals surface area contributed by atoms with Crippen molar-refractivity contribution in [2.75, 3.05) is 26.7 Å². The number of carbonyl (C=O) groups excluding carboxylic acids is 3. The molecule has 1 aromatic carbocycles. The van der Waals surface area contributed by atoms with Crippen LogP contribution in [0, 0.1) is 0 Å². The number of aliphatic imine (C=N–C) groups is 2. The number of rotatable bonds is 17. The van der Waals surface area contributed by atoms with Crippen molar-refractivity contribution in [3.05, 3.63) is 35.9 Å². The second-order valence-electron chi connectivity index (χ2n) is 8.32. The highest BCUT2D eigenvalue weighted by Gasteiger charge is 2.28. The second kappa shape index (κ2) is 16.1. The van der Waals surface area contributed by atoms with Crippen LogP contribution in [0.25, 0.3) is 0 Å². The summed E-state index contributed by atoms with van der Waals surface area (Å²) in [6.45, 7) is 0.102. The molecule has 0 aliphatic heterocycles. The molecule has 15 heteroatoms. The van der Waals surface area contributed by atoms with Crippen LogP contribution in [0.3, 0.4) is 0 Å². The summed E-state index contributed by atoms with van der Waals surface area (Å²) in [6, 6.07) is 6.56. The lowest BCUT2D eigenvalue weighted by atomic mass is 10.1. The van der Waals surface area contributed by atoms with Crippen LogP contribution in [-0.4, -0.2) is 82.1 Å². The number of hydrogen-bond acceptors (Lipinski definition) is 7. The molecule has 0 saturated heterocycles. The topological polar surface area (TPSA) is 241 Å². The summed E-state index contributed by atoms with van der Waals surface area (Å²) in [5.74, 6) is -1.71. The van der Waals surface area contributed by atoms with Gasteiger partial charge in [-0.05, 0) is 31.2 Å². The van der Waals surface area contributed by atoms with Gasteiger partial charge in [0.2, 0.25) is 21.8 Å². The molecule has 0 spiro atoms. The van der Waals surface area contributed by atoms with Crippen molar-refractivity contribution in [1.29, 1.82) is 0 Å². The van der Waals surface area contributed by atoms with Gasteiger partial charge < -0.3 is 37.9 Å². The van der Waals surface area contributed by atoms with Crippen molar-refractivity contribution in [2.24, 2.45) is 32.9 Å². The molecule has 10 N–H and O–H groups in total. The summed E-state index contributed by atoms with van der Waals surface area (Å²) in [4.78, 5) is 45.6. The molecule has 0 aromatic heterocycles. The third-order valence-corrected chi connectivity index (χ3v) is 6.36. The number of carbonyl (C=O) groups is 3. The van der Waals surface area contributed by atoms with E-state index in [4.69, 9.17) is 22.9 Å². The zero-order valence-electron chi connectivity index (χ0n) is 20.9. The fourth-order valence-corrected chi connectivity index (χ4v) is 4.66. The van der Waals surface area contributed by atoms with Gasteiger partial charge in [-0.15, -0.1) is 0 Å². The standard InChI is InChI=1S/C22H37N9O5S/c1-31(13-19(33)29-17(14-32)9-5-11-27-21(23)24)20(34)18(10-6-12-28-22(25)26)30-37(35,36)15-16-7-3-2-4-8-16/h2-4,7-8,14,17-18,30H,5-6,9-13,15H2,1H3,(H,29,33)(H4,23,24,27)(H4,25,26,28)/t17-,18+/m0/s1. The van der Waals surface area contributed by atoms with Crippen LogP contribution >= 0.6 is 0 Å². The van der Waals surface area contributed by atoms with Crippen molar-refractivity contribution >= 4 is 40.0 Å². The number of nitrogens with two attached hydrogens (primary N) is 4. The van der Waals surface area contributed by atoms with Gasteiger partial charge in [-0.2, -0.15) is 0 Å². The Morgan fingerprint density at radius 3 is 2.11 bits per heavy atom. The van der Waals surface area contributed by atoms with Gasteiger partial charge in [-0.1, -0.05) is 30.3 Å². The maximum Gasteiger partial charge on any atom is 0.240 e. The second-order valence-corrected chi connectivity index (χ2v) is 10.1. The van der Waals surface area contributed by atoms with E-state index in [0.717, 1.165) is 4.90 Å². The van der Waals surface area contributed by atoms with Gasteiger partial charge in [-0.3, -0.25) is 19.6 Å². The average Bonchev–Trinajstić information content (AvgIpc) is 2.82. The molecule has 0 heterocycles. The number of sulfonamides is 1. The third kappa shape index (κ3) is 13.8. The van der Waals surface area contributed by atoms with E-state index in [1.54, 1.807) is 30.3 Å². The summed E-state index contributed by atoms with van der Waals surface area (Å²) in [6.07, 6.45) is 1.75. The van der Waals surface area contributed by atoms with Crippen molar-refractivity contribution in [3.63, 3.8) is 0 Å². The van der Waals surface area contributed by atoms with E-state index in [1.165, 1.54) is 7.05 Å². The van der Waals surface area contributed by atoms with Crippen LogP contribution in [-0.2, 0) is 30.2 Å². The van der Waals surface area contributed by atoms with Crippen molar-refractivity contribution in [1.82, 2.24) is 14.9 Å². The SMILES string of the molecule is CN(CC(=O)N[C@H](C=O)CCCN=C(N)N)C(=O)[C@@H](CCCN=C(N)N)NS(=O)(=O)Cc1ccccc1. The van der Waals surface area contributed by atoms with E-state index >= 15 is 0 Å². The Hall–Kier alpha value is -3.72. The number of benzene rings is 1. The fourth-order valence-electron chi connectivity index (χ4n) is 3.29. The van der Waals surface area contributed by atoms with Crippen LogP contribution in [0.1, 0.15) is 31.2 Å². The van der Waals surface area contributed by atoms with Gasteiger partial charge in [0.25, 0.3) is 0 Å². The summed E-state index contributed by atoms with van der Waals surface area (Å²) in [7, 11) is -2.53. The minimum Gasteiger partial charge on any atom is -0.370 e. The number of nitrogens with one attached hydrogen (secondary N) is 2. The molecule has 0 unspecified atom stereocenters. The van der Waals surface area contributed by atoms with Crippen LogP contribution in [0.15, 0.2) is 40.3 Å². The van der Waals surface area contributed by atoms with Crippen LogP contribution in [0.5, 0.6) is 0 Å². The van der Waals surface area contributed by atoms with E-state index in [0.29, 0.717) is 37.7 Å². The molecular weight excluding hydrogens is 502 g/mol. The Kier molecular flexibility index (Phi) is 13.6. The molecule has 0 saturated carbocycles. The van der Waals surface area contributed by atoms with Gasteiger partial charge in [0.1, 0.15) is 12.3 Å². The normalized spacial score (nSPS) is 12.6. The summed E-state index contributed by atoms with van der Waals surface area (Å²) in [5.41, 5.74) is 21.7. The molecule has 14 nitrogen and oxygen atoms in total. The lowest BCUT2D eigenvalue weighted by Crippen LogP contribution is -2.50. The first-order valence-corrected chi connectivity index (χ1v) is 13.2. The van der Waals surface area contributed by atoms with Crippen molar-refractivity contribution < 1.29 is 22.8 Å². The number of guanidine groups is 2. The molecule has 0 fully saturated rings. The molecule has 0 radical (unpaired) electrons. The van der Waals surface area contributed by atoms with E-state index < -0.39 is 33.9 Å². The molecule has 206 valence electrons. The smallest absolute Gasteiger partial charge is 0.240 e. The monoisotopic (exact) mass is 539 g/mol. The molecule has 2 atom stereocenters. The number of nitrogens with zero attached hydrogens (tertiary/aromatic N) is 3. The zero-order valence-corrected chi connectivity index (χ0v) is 21.7. The number of aldehydes is 1. The maximum absolute atomic E-state index is 13.1. The van der Waals surface area contributed by atoms with Crippen LogP contribution in [0.2, 0.25) is 0 Å². The first-order valence-electron chi connectivity index (χ1n) is 11.6. The highest BCUT2D eigenvalue weighted by atomic mass is 32.2. The molecule has 1 rings (SSSR count). The summed E-state index contributed by atoms with van der Waals surface area (Å²) in [5, 5.41) is 2.53. The third-order valence-electron chi connectivity index (χ3n) is 5.00. The quantitative estimate of drug-likeness (QED) is 0.0540. The van der Waals surface area contributed by atoms with Crippen molar-refractivity contribution in [3.8, 4) is 0 Å². The molecule has 0 bridgehead atoms. The van der Waals surface area contributed by atoms with Crippen LogP contribution in [0.4, 0.5) is 0 Å². The van der Waals surface area contributed by atoms with Gasteiger partial charge in [0.15, 0.2) is 11.9 Å². The lowest BCUT2D eigenvalue weighted by Gasteiger charge is -2.25. The molecule has 0 aliphatic carbocycles. The maximum atomic E-state index is 13.1. The number of likely N-dealkylation sites (N-methyl/N-ethyl adjacent to an activating group) is 1. The van der Waals surface area contributed by atoms with E-state index in [1.807, 2.05) is 0 Å². The highest BCUT2D eigenvalue weighted by molar-refractivity contribution is 7.88. The highest BCUT2D eigenvalue weighted by Crippen LogP contribution is 2.09. The first-order chi connectivity index (χ1) is 17.4. The average molecular weight is 540 g/mol. The molecule has 0 aliphatic rings. The molecule has 1 aromatic rings. The van der Waals surface area contributed by atoms with Crippen molar-refractivity contribution in [2.45, 2.75) is 43.5 Å². The van der Waals surface area contributed by atoms with E-state index in [9.17, 15) is 22.8 Å². The predicted octanol–water partition coefficient (Wildman–Crippen LogP) is -2.28. The summed E-state index contributed by atoms with van der Waals surface area (Å²) < 4.78 is 27.9. The number of hydrogen-bond donors (Lipinski definition) is 6. The minimum atomic E-state index is -3.89. The van der Waals surface area contributed by atoms with Gasteiger partial charge in [0.05, 0.1) is 18.3 Å². The fraction of sp³-hybridized carbons (Fsp3) is 0.500. The Morgan fingerprint density at radius 2 is 1.57 bits per heavy atom. The van der Waals surface area contributed by atoms with E-state index in [-0.39, 0.29) is 37.2 Å². The molecule has 2 amide bonds. The van der Waals surface area contributed by atoms with E-state index in [2.05, 4.69) is 20.0 Å². The van der Waals surface area contributed by atoms with Gasteiger partial charge >= 0.3 is 0 Å². The minimum absolute atomic E-state index is 0.0703. The summed E-state index contributed by atoms with van der Waals surface area (Å²) >= 11 is 0. The lowest BCUT2D eigenvalue weighted by molar-refractivity contribution is -0.136. The Balaban J connectivity index is 2.81. The van der Waals surface area contributed by atoms with Gasteiger partial charge in [0, 0.05) is 20.1 Å². The number of amides is 2. The molecule has 37 heavy (non-hydrogen) atoms. The van der Waals surface area contributed by atoms with Gasteiger partial charge in [-0.25, -0.2) is 13.1 Å². The Labute approximate surface area is 217 Å². The Morgan fingerprint density at radius 1 is 1.00 bits per heavy atom. The largest absolute Gasteiger partial charge is 0.370 e. The molecular formula is C22H37N9O5S. The Bertz CT molecular complexity index is 1040. The predicted molar refractivity (Wildman–Crippen MR) is 141 cm³/mol. The zero-order chi connectivity index (χ0) is 27.8. The first kappa shape index (κ1) is 31.3. The van der Waals surface area contributed by atoms with Crippen LogP contribution < -0.4 is 33.0 Å².